The lowest BCUT2D eigenvalue weighted by atomic mass is 10.1. The first-order chi connectivity index (χ1) is 13.5. The maximum atomic E-state index is 12.0. The van der Waals surface area contributed by atoms with Gasteiger partial charge in [-0.3, -0.25) is 9.59 Å². The minimum Gasteiger partial charge on any atom is -0.372 e. The highest BCUT2D eigenvalue weighted by Crippen LogP contribution is 2.21. The van der Waals surface area contributed by atoms with E-state index in [4.69, 9.17) is 11.6 Å². The molecule has 0 spiro atoms. The highest BCUT2D eigenvalue weighted by molar-refractivity contribution is 6.39. The van der Waals surface area contributed by atoms with Crippen molar-refractivity contribution in [2.45, 2.75) is 32.6 Å². The molecule has 28 heavy (non-hydrogen) atoms. The molecule has 1 heterocycles. The molecule has 5 nitrogen and oxygen atoms in total. The van der Waals surface area contributed by atoms with E-state index in [-0.39, 0.29) is 0 Å². The molecule has 0 atom stereocenters. The summed E-state index contributed by atoms with van der Waals surface area (Å²) in [7, 11) is 0. The summed E-state index contributed by atoms with van der Waals surface area (Å²) in [5, 5.41) is 5.77. The second-order valence-electron chi connectivity index (χ2n) is 7.14. The molecule has 1 aliphatic heterocycles. The fourth-order valence-corrected chi connectivity index (χ4v) is 3.47. The van der Waals surface area contributed by atoms with Crippen molar-refractivity contribution >= 4 is 34.8 Å². The predicted molar refractivity (Wildman–Crippen MR) is 114 cm³/mol. The molecule has 0 unspecified atom stereocenters. The fraction of sp³-hybridized carbons (Fsp3) is 0.364. The van der Waals surface area contributed by atoms with E-state index in [9.17, 15) is 9.59 Å². The van der Waals surface area contributed by atoms with Crippen LogP contribution in [0.2, 0.25) is 5.02 Å². The lowest BCUT2D eigenvalue weighted by Crippen LogP contribution is -2.36. The summed E-state index contributed by atoms with van der Waals surface area (Å²) < 4.78 is 0. The molecule has 0 aliphatic carbocycles. The molecule has 2 amide bonds. The van der Waals surface area contributed by atoms with Crippen molar-refractivity contribution in [1.29, 1.82) is 0 Å². The van der Waals surface area contributed by atoms with E-state index in [1.807, 2.05) is 6.92 Å². The largest absolute Gasteiger partial charge is 0.372 e. The number of hydrogen-bond donors (Lipinski definition) is 2. The molecule has 0 saturated carbocycles. The molecule has 148 valence electrons. The number of halogens is 1. The van der Waals surface area contributed by atoms with E-state index in [0.29, 0.717) is 23.7 Å². The van der Waals surface area contributed by atoms with Crippen molar-refractivity contribution in [3.8, 4) is 0 Å². The molecule has 0 bridgehead atoms. The van der Waals surface area contributed by atoms with Crippen molar-refractivity contribution < 1.29 is 9.59 Å². The van der Waals surface area contributed by atoms with Gasteiger partial charge < -0.3 is 15.5 Å². The van der Waals surface area contributed by atoms with Gasteiger partial charge in [0.15, 0.2) is 0 Å². The summed E-state index contributed by atoms with van der Waals surface area (Å²) in [6.45, 7) is 4.52. The number of carbonyl (C=O) groups is 2. The zero-order valence-corrected chi connectivity index (χ0v) is 16.9. The highest BCUT2D eigenvalue weighted by Gasteiger charge is 2.14. The van der Waals surface area contributed by atoms with Crippen LogP contribution >= 0.6 is 11.6 Å². The normalized spacial score (nSPS) is 13.9. The Morgan fingerprint density at radius 3 is 2.39 bits per heavy atom. The van der Waals surface area contributed by atoms with Crippen LogP contribution in [0, 0.1) is 6.92 Å². The van der Waals surface area contributed by atoms with Crippen LogP contribution < -0.4 is 15.5 Å². The van der Waals surface area contributed by atoms with Crippen LogP contribution in [0.25, 0.3) is 0 Å². The van der Waals surface area contributed by atoms with Crippen LogP contribution in [0.3, 0.4) is 0 Å². The van der Waals surface area contributed by atoms with Gasteiger partial charge in [-0.1, -0.05) is 29.8 Å². The number of amides is 2. The smallest absolute Gasteiger partial charge is 0.313 e. The van der Waals surface area contributed by atoms with Crippen molar-refractivity contribution in [3.05, 3.63) is 58.6 Å². The van der Waals surface area contributed by atoms with Crippen LogP contribution in [0.5, 0.6) is 0 Å². The topological polar surface area (TPSA) is 61.4 Å². The predicted octanol–water partition coefficient (Wildman–Crippen LogP) is 3.94. The molecule has 6 heteroatoms. The van der Waals surface area contributed by atoms with Crippen LogP contribution in [0.4, 0.5) is 11.4 Å². The van der Waals surface area contributed by atoms with E-state index >= 15 is 0 Å². The molecule has 1 fully saturated rings. The Balaban J connectivity index is 1.44. The van der Waals surface area contributed by atoms with Gasteiger partial charge in [-0.05, 0) is 68.0 Å². The molecule has 0 aromatic heterocycles. The Morgan fingerprint density at radius 2 is 1.71 bits per heavy atom. The Bertz CT molecular complexity index is 830. The first-order valence-electron chi connectivity index (χ1n) is 9.72. The molecule has 3 rings (SSSR count). The van der Waals surface area contributed by atoms with Gasteiger partial charge in [0.2, 0.25) is 0 Å². The zero-order chi connectivity index (χ0) is 19.9. The number of carbonyl (C=O) groups excluding carboxylic acids is 2. The van der Waals surface area contributed by atoms with Gasteiger partial charge in [0, 0.05) is 36.0 Å². The number of benzene rings is 2. The van der Waals surface area contributed by atoms with Gasteiger partial charge in [0.05, 0.1) is 0 Å². The van der Waals surface area contributed by atoms with Gasteiger partial charge in [-0.2, -0.15) is 0 Å². The summed E-state index contributed by atoms with van der Waals surface area (Å²) in [6, 6.07) is 13.6. The maximum absolute atomic E-state index is 12.0. The van der Waals surface area contributed by atoms with Crippen LogP contribution in [0.1, 0.15) is 30.4 Å². The van der Waals surface area contributed by atoms with E-state index in [1.54, 1.807) is 18.2 Å². The van der Waals surface area contributed by atoms with Crippen LogP contribution in [0.15, 0.2) is 42.5 Å². The van der Waals surface area contributed by atoms with Crippen LogP contribution in [-0.4, -0.2) is 31.4 Å². The molecule has 1 saturated heterocycles. The molecule has 0 radical (unpaired) electrons. The third-order valence-electron chi connectivity index (χ3n) is 4.99. The number of aryl methyl sites for hydroxylation is 1. The third kappa shape index (κ3) is 5.49. The fourth-order valence-electron chi connectivity index (χ4n) is 3.28. The van der Waals surface area contributed by atoms with Gasteiger partial charge in [0.1, 0.15) is 0 Å². The molecule has 2 N–H and O–H groups in total. The van der Waals surface area contributed by atoms with Gasteiger partial charge in [-0.25, -0.2) is 0 Å². The zero-order valence-electron chi connectivity index (χ0n) is 16.1. The first-order valence-corrected chi connectivity index (χ1v) is 10.1. The Morgan fingerprint density at radius 1 is 1.00 bits per heavy atom. The molecular formula is C22H26ClN3O2. The van der Waals surface area contributed by atoms with E-state index in [2.05, 4.69) is 39.8 Å². The van der Waals surface area contributed by atoms with E-state index in [0.717, 1.165) is 24.2 Å². The quantitative estimate of drug-likeness (QED) is 0.748. The lowest BCUT2D eigenvalue weighted by Gasteiger charge is -2.28. The number of nitrogens with one attached hydrogen (secondary N) is 2. The number of nitrogens with zero attached hydrogens (tertiary/aromatic N) is 1. The second-order valence-corrected chi connectivity index (χ2v) is 7.55. The minimum atomic E-state index is -0.694. The number of rotatable bonds is 5. The average Bonchev–Trinajstić information content (AvgIpc) is 2.72. The summed E-state index contributed by atoms with van der Waals surface area (Å²) in [5.74, 6) is -1.35. The summed E-state index contributed by atoms with van der Waals surface area (Å²) in [6.07, 6.45) is 4.50. The SMILES string of the molecule is Cc1ccc(NC(=O)C(=O)NCCc2ccc(N3CCCCC3)cc2)cc1Cl. The standard InChI is InChI=1S/C22H26ClN3O2/c1-16-5-8-18(15-20(16)23)25-22(28)21(27)24-12-11-17-6-9-19(10-7-17)26-13-3-2-4-14-26/h5-10,15H,2-4,11-14H2,1H3,(H,24,27)(H,25,28). The van der Waals surface area contributed by atoms with Crippen molar-refractivity contribution in [2.24, 2.45) is 0 Å². The molecule has 1 aliphatic rings. The van der Waals surface area contributed by atoms with Gasteiger partial charge in [-0.15, -0.1) is 0 Å². The van der Waals surface area contributed by atoms with E-state index in [1.165, 1.54) is 24.9 Å². The van der Waals surface area contributed by atoms with Crippen molar-refractivity contribution in [2.75, 3.05) is 29.9 Å². The molecule has 2 aromatic carbocycles. The van der Waals surface area contributed by atoms with Gasteiger partial charge >= 0.3 is 11.8 Å². The van der Waals surface area contributed by atoms with E-state index < -0.39 is 11.8 Å². The Labute approximate surface area is 171 Å². The van der Waals surface area contributed by atoms with Crippen molar-refractivity contribution in [3.63, 3.8) is 0 Å². The summed E-state index contributed by atoms with van der Waals surface area (Å²) in [4.78, 5) is 26.4. The molecular weight excluding hydrogens is 374 g/mol. The number of hydrogen-bond acceptors (Lipinski definition) is 3. The highest BCUT2D eigenvalue weighted by atomic mass is 35.5. The summed E-state index contributed by atoms with van der Waals surface area (Å²) >= 11 is 6.03. The summed E-state index contributed by atoms with van der Waals surface area (Å²) in [5.41, 5.74) is 3.80. The van der Waals surface area contributed by atoms with Gasteiger partial charge in [0.25, 0.3) is 0 Å². The lowest BCUT2D eigenvalue weighted by molar-refractivity contribution is -0.136. The minimum absolute atomic E-state index is 0.407. The third-order valence-corrected chi connectivity index (χ3v) is 5.40. The monoisotopic (exact) mass is 399 g/mol. The Hall–Kier alpha value is -2.53. The number of piperidine rings is 1. The average molecular weight is 400 g/mol. The molecule has 2 aromatic rings. The number of anilines is 2. The van der Waals surface area contributed by atoms with Crippen LogP contribution in [-0.2, 0) is 16.0 Å². The second kappa shape index (κ2) is 9.60. The first kappa shape index (κ1) is 20.2. The maximum Gasteiger partial charge on any atom is 0.313 e. The Kier molecular flexibility index (Phi) is 6.93. The van der Waals surface area contributed by atoms with Crippen molar-refractivity contribution in [1.82, 2.24) is 5.32 Å².